The van der Waals surface area contributed by atoms with E-state index in [0.29, 0.717) is 29.9 Å². The lowest BCUT2D eigenvalue weighted by Gasteiger charge is -2.12. The number of amides is 1. The van der Waals surface area contributed by atoms with Crippen molar-refractivity contribution in [2.75, 3.05) is 24.3 Å². The predicted molar refractivity (Wildman–Crippen MR) is 129 cm³/mol. The number of nitrogens with zero attached hydrogens (tertiary/aromatic N) is 1. The van der Waals surface area contributed by atoms with Crippen LogP contribution in [0, 0.1) is 5.82 Å². The SMILES string of the molecule is COc1ccc(-c2ccccc2C(=O)Nc2ccc(NCCc3ccccn3)c(F)c2)cc1. The van der Waals surface area contributed by atoms with E-state index in [1.165, 1.54) is 6.07 Å². The van der Waals surface area contributed by atoms with Crippen LogP contribution in [-0.4, -0.2) is 24.5 Å². The van der Waals surface area contributed by atoms with Crippen molar-refractivity contribution in [3.63, 3.8) is 0 Å². The van der Waals surface area contributed by atoms with Gasteiger partial charge in [0.1, 0.15) is 11.6 Å². The first-order chi connectivity index (χ1) is 16.1. The summed E-state index contributed by atoms with van der Waals surface area (Å²) in [5, 5.41) is 5.88. The largest absolute Gasteiger partial charge is 0.497 e. The highest BCUT2D eigenvalue weighted by Gasteiger charge is 2.14. The molecule has 2 N–H and O–H groups in total. The van der Waals surface area contributed by atoms with Gasteiger partial charge in [0.2, 0.25) is 0 Å². The van der Waals surface area contributed by atoms with Gasteiger partial charge in [0.05, 0.1) is 12.8 Å². The van der Waals surface area contributed by atoms with Crippen LogP contribution in [0.2, 0.25) is 0 Å². The molecule has 0 aliphatic carbocycles. The van der Waals surface area contributed by atoms with Crippen LogP contribution in [0.5, 0.6) is 5.75 Å². The van der Waals surface area contributed by atoms with Crippen molar-refractivity contribution in [2.24, 2.45) is 0 Å². The molecule has 4 aromatic rings. The molecule has 0 saturated carbocycles. The van der Waals surface area contributed by atoms with E-state index in [1.807, 2.05) is 54.6 Å². The van der Waals surface area contributed by atoms with Gasteiger partial charge in [-0.25, -0.2) is 4.39 Å². The van der Waals surface area contributed by atoms with E-state index >= 15 is 0 Å². The Morgan fingerprint density at radius 2 is 1.76 bits per heavy atom. The Bertz CT molecular complexity index is 1230. The zero-order chi connectivity index (χ0) is 23.0. The lowest BCUT2D eigenvalue weighted by Crippen LogP contribution is -2.14. The number of hydrogen-bond acceptors (Lipinski definition) is 4. The molecule has 0 unspecified atom stereocenters. The van der Waals surface area contributed by atoms with E-state index in [-0.39, 0.29) is 5.91 Å². The minimum absolute atomic E-state index is 0.309. The van der Waals surface area contributed by atoms with Gasteiger partial charge in [0, 0.05) is 36.1 Å². The maximum atomic E-state index is 14.6. The monoisotopic (exact) mass is 441 g/mol. The molecule has 0 aliphatic rings. The molecule has 0 fully saturated rings. The second-order valence-corrected chi connectivity index (χ2v) is 7.42. The third-order valence-corrected chi connectivity index (χ3v) is 5.22. The van der Waals surface area contributed by atoms with Crippen molar-refractivity contribution in [2.45, 2.75) is 6.42 Å². The van der Waals surface area contributed by atoms with Crippen molar-refractivity contribution in [3.05, 3.63) is 108 Å². The number of rotatable bonds is 8. The second kappa shape index (κ2) is 10.4. The summed E-state index contributed by atoms with van der Waals surface area (Å²) in [6.45, 7) is 0.550. The Balaban J connectivity index is 1.44. The molecule has 1 amide bonds. The smallest absolute Gasteiger partial charge is 0.256 e. The molecule has 166 valence electrons. The minimum Gasteiger partial charge on any atom is -0.497 e. The summed E-state index contributed by atoms with van der Waals surface area (Å²) in [5.41, 5.74) is 3.87. The predicted octanol–water partition coefficient (Wildman–Crippen LogP) is 5.80. The van der Waals surface area contributed by atoms with Gasteiger partial charge < -0.3 is 15.4 Å². The van der Waals surface area contributed by atoms with Crippen LogP contribution in [0.25, 0.3) is 11.1 Å². The van der Waals surface area contributed by atoms with Crippen molar-refractivity contribution in [3.8, 4) is 16.9 Å². The molecule has 0 saturated heterocycles. The van der Waals surface area contributed by atoms with Gasteiger partial charge in [-0.1, -0.05) is 36.4 Å². The molecule has 1 heterocycles. The van der Waals surface area contributed by atoms with E-state index in [4.69, 9.17) is 4.74 Å². The second-order valence-electron chi connectivity index (χ2n) is 7.42. The molecule has 0 atom stereocenters. The van der Waals surface area contributed by atoms with Gasteiger partial charge in [-0.15, -0.1) is 0 Å². The average molecular weight is 442 g/mol. The highest BCUT2D eigenvalue weighted by atomic mass is 19.1. The molecular weight excluding hydrogens is 417 g/mol. The van der Waals surface area contributed by atoms with Crippen LogP contribution in [-0.2, 0) is 6.42 Å². The summed E-state index contributed by atoms with van der Waals surface area (Å²) in [6.07, 6.45) is 2.42. The van der Waals surface area contributed by atoms with Crippen LogP contribution in [0.1, 0.15) is 16.1 Å². The number of pyridine rings is 1. The van der Waals surface area contributed by atoms with Gasteiger partial charge in [0.15, 0.2) is 0 Å². The number of carbonyl (C=O) groups excluding carboxylic acids is 1. The molecule has 33 heavy (non-hydrogen) atoms. The maximum Gasteiger partial charge on any atom is 0.256 e. The molecule has 0 aliphatic heterocycles. The van der Waals surface area contributed by atoms with Crippen LogP contribution in [0.15, 0.2) is 91.1 Å². The van der Waals surface area contributed by atoms with Crippen LogP contribution in [0.4, 0.5) is 15.8 Å². The summed E-state index contributed by atoms with van der Waals surface area (Å²) in [4.78, 5) is 17.2. The zero-order valence-corrected chi connectivity index (χ0v) is 18.2. The van der Waals surface area contributed by atoms with E-state index in [1.54, 1.807) is 37.6 Å². The van der Waals surface area contributed by atoms with Crippen LogP contribution in [0.3, 0.4) is 0 Å². The number of hydrogen-bond donors (Lipinski definition) is 2. The Morgan fingerprint density at radius 1 is 0.970 bits per heavy atom. The summed E-state index contributed by atoms with van der Waals surface area (Å²) < 4.78 is 19.8. The Labute approximate surface area is 192 Å². The van der Waals surface area contributed by atoms with E-state index in [9.17, 15) is 9.18 Å². The molecule has 0 bridgehead atoms. The number of methoxy groups -OCH3 is 1. The van der Waals surface area contributed by atoms with Crippen molar-refractivity contribution >= 4 is 17.3 Å². The highest BCUT2D eigenvalue weighted by Crippen LogP contribution is 2.27. The van der Waals surface area contributed by atoms with E-state index in [2.05, 4.69) is 15.6 Å². The first-order valence-corrected chi connectivity index (χ1v) is 10.6. The minimum atomic E-state index is -0.433. The first-order valence-electron chi connectivity index (χ1n) is 10.6. The molecule has 3 aromatic carbocycles. The molecule has 0 radical (unpaired) electrons. The molecule has 5 nitrogen and oxygen atoms in total. The zero-order valence-electron chi connectivity index (χ0n) is 18.2. The van der Waals surface area contributed by atoms with Gasteiger partial charge >= 0.3 is 0 Å². The number of benzene rings is 3. The summed E-state index contributed by atoms with van der Waals surface area (Å²) >= 11 is 0. The number of ether oxygens (including phenoxy) is 1. The quantitative estimate of drug-likeness (QED) is 0.363. The van der Waals surface area contributed by atoms with Gasteiger partial charge in [0.25, 0.3) is 5.91 Å². The third-order valence-electron chi connectivity index (χ3n) is 5.22. The van der Waals surface area contributed by atoms with Gasteiger partial charge in [-0.3, -0.25) is 9.78 Å². The highest BCUT2D eigenvalue weighted by molar-refractivity contribution is 6.08. The fourth-order valence-corrected chi connectivity index (χ4v) is 3.51. The van der Waals surface area contributed by atoms with Gasteiger partial charge in [-0.05, 0) is 59.7 Å². The summed E-state index contributed by atoms with van der Waals surface area (Å²) in [5.74, 6) is -0.00109. The van der Waals surface area contributed by atoms with Crippen molar-refractivity contribution in [1.82, 2.24) is 4.98 Å². The van der Waals surface area contributed by atoms with Gasteiger partial charge in [-0.2, -0.15) is 0 Å². The molecule has 1 aromatic heterocycles. The number of nitrogens with one attached hydrogen (secondary N) is 2. The van der Waals surface area contributed by atoms with Crippen molar-refractivity contribution in [1.29, 1.82) is 0 Å². The number of aromatic nitrogens is 1. The van der Waals surface area contributed by atoms with E-state index in [0.717, 1.165) is 22.6 Å². The molecular formula is C27H24FN3O2. The molecule has 0 spiro atoms. The maximum absolute atomic E-state index is 14.6. The van der Waals surface area contributed by atoms with Crippen LogP contribution < -0.4 is 15.4 Å². The topological polar surface area (TPSA) is 63.2 Å². The first kappa shape index (κ1) is 22.0. The lowest BCUT2D eigenvalue weighted by atomic mass is 9.99. The fourth-order valence-electron chi connectivity index (χ4n) is 3.51. The Morgan fingerprint density at radius 3 is 2.48 bits per heavy atom. The molecule has 4 rings (SSSR count). The lowest BCUT2D eigenvalue weighted by molar-refractivity contribution is 0.102. The normalized spacial score (nSPS) is 10.5. The molecule has 6 heteroatoms. The number of carbonyl (C=O) groups is 1. The van der Waals surface area contributed by atoms with E-state index < -0.39 is 5.82 Å². The standard InChI is InChI=1S/C27H24FN3O2/c1-33-22-12-9-19(10-13-22)23-7-2-3-8-24(23)27(32)31-21-11-14-26(25(28)18-21)30-17-15-20-6-4-5-16-29-20/h2-14,16,18,30H,15,17H2,1H3,(H,31,32). The average Bonchev–Trinajstić information content (AvgIpc) is 2.86. The fraction of sp³-hybridized carbons (Fsp3) is 0.111. The van der Waals surface area contributed by atoms with Crippen LogP contribution >= 0.6 is 0 Å². The Hall–Kier alpha value is -4.19. The summed E-state index contributed by atoms with van der Waals surface area (Å²) in [7, 11) is 1.61. The number of anilines is 2. The summed E-state index contributed by atoms with van der Waals surface area (Å²) in [6, 6.07) is 25.1. The van der Waals surface area contributed by atoms with Crippen molar-refractivity contribution < 1.29 is 13.9 Å². The Kier molecular flexibility index (Phi) is 6.95. The number of halogens is 1. The third kappa shape index (κ3) is 5.54.